The average Bonchev–Trinajstić information content (AvgIpc) is 2.52. The third kappa shape index (κ3) is 5.15. The van der Waals surface area contributed by atoms with Crippen molar-refractivity contribution in [3.05, 3.63) is 36.0 Å². The quantitative estimate of drug-likeness (QED) is 0.573. The first-order valence-electron chi connectivity index (χ1n) is 7.25. The summed E-state index contributed by atoms with van der Waals surface area (Å²) in [6, 6.07) is 7.62. The first kappa shape index (κ1) is 19.2. The van der Waals surface area contributed by atoms with Crippen molar-refractivity contribution >= 4 is 39.2 Å². The topological polar surface area (TPSA) is 118 Å². The van der Waals surface area contributed by atoms with Gasteiger partial charge in [-0.15, -0.1) is 0 Å². The first-order chi connectivity index (χ1) is 11.7. The van der Waals surface area contributed by atoms with Crippen LogP contribution in [0, 0.1) is 6.92 Å². The van der Waals surface area contributed by atoms with Crippen molar-refractivity contribution in [2.45, 2.75) is 17.0 Å². The molecule has 2 rings (SSSR count). The smallest absolute Gasteiger partial charge is 0.242 e. The van der Waals surface area contributed by atoms with Gasteiger partial charge in [-0.25, -0.2) is 22.7 Å². The number of sulfonamides is 1. The van der Waals surface area contributed by atoms with E-state index in [1.807, 2.05) is 0 Å². The molecule has 2 aromatic rings. The summed E-state index contributed by atoms with van der Waals surface area (Å²) in [5.74, 6) is 0.214. The molecule has 8 nitrogen and oxygen atoms in total. The minimum absolute atomic E-state index is 0.112. The maximum Gasteiger partial charge on any atom is 0.242 e. The van der Waals surface area contributed by atoms with E-state index in [0.29, 0.717) is 16.7 Å². The van der Waals surface area contributed by atoms with Gasteiger partial charge >= 0.3 is 0 Å². The fraction of sp³-hybridized carbons (Fsp3) is 0.267. The summed E-state index contributed by atoms with van der Waals surface area (Å²) in [6.07, 6.45) is 0. The van der Waals surface area contributed by atoms with Gasteiger partial charge in [0, 0.05) is 31.5 Å². The average molecular weight is 381 g/mol. The number of carbonyl (C=O) groups excluding carboxylic acids is 1. The molecule has 0 bridgehead atoms. The number of anilines is 2. The molecule has 0 aliphatic carbocycles. The Labute approximate surface area is 150 Å². The second kappa shape index (κ2) is 7.81. The van der Waals surface area contributed by atoms with Gasteiger partial charge in [0.05, 0.1) is 10.6 Å². The zero-order valence-corrected chi connectivity index (χ0v) is 15.7. The van der Waals surface area contributed by atoms with Gasteiger partial charge in [-0.2, -0.15) is 0 Å². The van der Waals surface area contributed by atoms with Gasteiger partial charge in [0.2, 0.25) is 15.9 Å². The number of benzene rings is 1. The van der Waals surface area contributed by atoms with Crippen molar-refractivity contribution in [2.24, 2.45) is 0 Å². The number of aromatic nitrogens is 2. The van der Waals surface area contributed by atoms with E-state index in [-0.39, 0.29) is 16.6 Å². The number of amides is 1. The minimum atomic E-state index is -3.49. The van der Waals surface area contributed by atoms with Crippen LogP contribution in [-0.4, -0.2) is 48.4 Å². The Kier molecular flexibility index (Phi) is 5.98. The minimum Gasteiger partial charge on any atom is -0.384 e. The second-order valence-electron chi connectivity index (χ2n) is 5.37. The Bertz CT molecular complexity index is 847. The largest absolute Gasteiger partial charge is 0.384 e. The number of carbonyl (C=O) groups is 1. The molecule has 3 N–H and O–H groups in total. The number of nitrogen functional groups attached to an aromatic ring is 1. The molecule has 0 aliphatic heterocycles. The summed E-state index contributed by atoms with van der Waals surface area (Å²) in [7, 11) is -0.567. The summed E-state index contributed by atoms with van der Waals surface area (Å²) in [5.41, 5.74) is 6.88. The maximum absolute atomic E-state index is 12.0. The van der Waals surface area contributed by atoms with E-state index in [2.05, 4.69) is 15.3 Å². The van der Waals surface area contributed by atoms with Crippen molar-refractivity contribution in [3.8, 4) is 0 Å². The summed E-state index contributed by atoms with van der Waals surface area (Å²) in [5, 5.41) is 3.12. The van der Waals surface area contributed by atoms with E-state index < -0.39 is 10.0 Å². The maximum atomic E-state index is 12.0. The van der Waals surface area contributed by atoms with Crippen LogP contribution in [0.1, 0.15) is 5.69 Å². The third-order valence-electron chi connectivity index (χ3n) is 3.10. The van der Waals surface area contributed by atoms with E-state index in [9.17, 15) is 13.2 Å². The highest BCUT2D eigenvalue weighted by Crippen LogP contribution is 2.18. The van der Waals surface area contributed by atoms with Gasteiger partial charge in [0.15, 0.2) is 5.16 Å². The zero-order valence-electron chi connectivity index (χ0n) is 14.1. The molecule has 0 saturated heterocycles. The lowest BCUT2D eigenvalue weighted by molar-refractivity contribution is -0.113. The predicted octanol–water partition coefficient (Wildman–Crippen LogP) is 1.35. The van der Waals surface area contributed by atoms with Gasteiger partial charge < -0.3 is 11.1 Å². The monoisotopic (exact) mass is 381 g/mol. The zero-order chi connectivity index (χ0) is 18.6. The van der Waals surface area contributed by atoms with Gasteiger partial charge in [-0.05, 0) is 31.2 Å². The van der Waals surface area contributed by atoms with Crippen LogP contribution in [-0.2, 0) is 14.8 Å². The molecular weight excluding hydrogens is 362 g/mol. The lowest BCUT2D eigenvalue weighted by Crippen LogP contribution is -2.22. The molecule has 0 spiro atoms. The lowest BCUT2D eigenvalue weighted by atomic mass is 10.3. The van der Waals surface area contributed by atoms with E-state index in [0.717, 1.165) is 10.00 Å². The molecule has 134 valence electrons. The van der Waals surface area contributed by atoms with Crippen molar-refractivity contribution in [1.29, 1.82) is 0 Å². The summed E-state index contributed by atoms with van der Waals surface area (Å²) in [6.45, 7) is 1.80. The number of nitrogens with zero attached hydrogens (tertiary/aromatic N) is 3. The molecule has 1 amide bonds. The van der Waals surface area contributed by atoms with Crippen LogP contribution < -0.4 is 11.1 Å². The second-order valence-corrected chi connectivity index (χ2v) is 8.46. The third-order valence-corrected chi connectivity index (χ3v) is 5.78. The number of hydrogen-bond acceptors (Lipinski definition) is 7. The molecule has 0 fully saturated rings. The fourth-order valence-corrected chi connectivity index (χ4v) is 3.49. The van der Waals surface area contributed by atoms with Gasteiger partial charge in [0.25, 0.3) is 0 Å². The Morgan fingerprint density at radius 2 is 1.88 bits per heavy atom. The first-order valence-corrected chi connectivity index (χ1v) is 9.67. The van der Waals surface area contributed by atoms with Crippen LogP contribution in [0.5, 0.6) is 0 Å². The van der Waals surface area contributed by atoms with Crippen molar-refractivity contribution in [1.82, 2.24) is 14.3 Å². The molecule has 10 heteroatoms. The Morgan fingerprint density at radius 1 is 1.24 bits per heavy atom. The van der Waals surface area contributed by atoms with Crippen molar-refractivity contribution < 1.29 is 13.2 Å². The number of hydrogen-bond donors (Lipinski definition) is 2. The molecule has 1 heterocycles. The molecule has 0 saturated carbocycles. The molecule has 0 radical (unpaired) electrons. The van der Waals surface area contributed by atoms with Gasteiger partial charge in [-0.1, -0.05) is 11.8 Å². The Hall–Kier alpha value is -2.17. The molecular formula is C15H19N5O3S2. The molecule has 1 aromatic heterocycles. The van der Waals surface area contributed by atoms with Gasteiger partial charge in [-0.3, -0.25) is 4.79 Å². The molecule has 0 unspecified atom stereocenters. The summed E-state index contributed by atoms with van der Waals surface area (Å²) in [4.78, 5) is 20.4. The lowest BCUT2D eigenvalue weighted by Gasteiger charge is -2.12. The summed E-state index contributed by atoms with van der Waals surface area (Å²) >= 11 is 1.17. The van der Waals surface area contributed by atoms with Crippen LogP contribution >= 0.6 is 11.8 Å². The number of rotatable bonds is 6. The predicted molar refractivity (Wildman–Crippen MR) is 97.8 cm³/mol. The number of thioether (sulfide) groups is 1. The number of nitrogens with two attached hydrogens (primary N) is 1. The van der Waals surface area contributed by atoms with E-state index in [4.69, 9.17) is 5.73 Å². The standard InChI is InChI=1S/C15H19N5O3S2/c1-10-8-13(16)19-15(17-10)24-9-14(21)18-11-4-6-12(7-5-11)25(22,23)20(2)3/h4-8H,9H2,1-3H3,(H,18,21)(H2,16,17,19). The number of nitrogens with one attached hydrogen (secondary N) is 1. The van der Waals surface area contributed by atoms with Crippen LogP contribution in [0.3, 0.4) is 0 Å². The van der Waals surface area contributed by atoms with Crippen LogP contribution in [0.4, 0.5) is 11.5 Å². The van der Waals surface area contributed by atoms with E-state index in [1.54, 1.807) is 25.1 Å². The molecule has 25 heavy (non-hydrogen) atoms. The highest BCUT2D eigenvalue weighted by Gasteiger charge is 2.16. The van der Waals surface area contributed by atoms with Gasteiger partial charge in [0.1, 0.15) is 5.82 Å². The van der Waals surface area contributed by atoms with Crippen molar-refractivity contribution in [3.63, 3.8) is 0 Å². The normalized spacial score (nSPS) is 11.5. The van der Waals surface area contributed by atoms with Crippen molar-refractivity contribution in [2.75, 3.05) is 30.9 Å². The fourth-order valence-electron chi connectivity index (χ4n) is 1.88. The Balaban J connectivity index is 1.97. The SMILES string of the molecule is Cc1cc(N)nc(SCC(=O)Nc2ccc(S(=O)(=O)N(C)C)cc2)n1. The molecule has 0 atom stereocenters. The van der Waals surface area contributed by atoms with Crippen LogP contribution in [0.2, 0.25) is 0 Å². The molecule has 1 aromatic carbocycles. The summed E-state index contributed by atoms with van der Waals surface area (Å²) < 4.78 is 25.1. The van der Waals surface area contributed by atoms with Crippen LogP contribution in [0.25, 0.3) is 0 Å². The molecule has 0 aliphatic rings. The van der Waals surface area contributed by atoms with E-state index in [1.165, 1.54) is 38.0 Å². The highest BCUT2D eigenvalue weighted by molar-refractivity contribution is 7.99. The Morgan fingerprint density at radius 3 is 2.44 bits per heavy atom. The van der Waals surface area contributed by atoms with Crippen LogP contribution in [0.15, 0.2) is 40.4 Å². The van der Waals surface area contributed by atoms with E-state index >= 15 is 0 Å². The number of aryl methyl sites for hydroxylation is 1. The highest BCUT2D eigenvalue weighted by atomic mass is 32.2.